The Labute approximate surface area is 156 Å². The van der Waals surface area contributed by atoms with E-state index in [1.165, 1.54) is 13.0 Å². The van der Waals surface area contributed by atoms with E-state index in [4.69, 9.17) is 32.7 Å². The zero-order valence-electron chi connectivity index (χ0n) is 14.1. The fraction of sp³-hybridized carbons (Fsp3) is 0.263. The minimum Gasteiger partial charge on any atom is -0.477 e. The third-order valence-corrected chi connectivity index (χ3v) is 4.23. The Morgan fingerprint density at radius 3 is 2.40 bits per heavy atom. The zero-order valence-corrected chi connectivity index (χ0v) is 15.6. The molecule has 0 radical (unpaired) electrons. The lowest BCUT2D eigenvalue weighted by Crippen LogP contribution is -2.28. The van der Waals surface area contributed by atoms with E-state index in [1.807, 2.05) is 19.9 Å². The van der Waals surface area contributed by atoms with Gasteiger partial charge in [0.05, 0.1) is 5.02 Å². The summed E-state index contributed by atoms with van der Waals surface area (Å²) in [7, 11) is 0. The molecule has 1 atom stereocenters. The number of benzene rings is 2. The number of carbonyl (C=O) groups is 2. The zero-order chi connectivity index (χ0) is 18.6. The maximum absolute atomic E-state index is 12.1. The number of rotatable bonds is 6. The third kappa shape index (κ3) is 5.21. The monoisotopic (exact) mass is 380 g/mol. The molecule has 0 fully saturated rings. The summed E-state index contributed by atoms with van der Waals surface area (Å²) in [6.07, 6.45) is -0.911. The van der Waals surface area contributed by atoms with Gasteiger partial charge in [-0.25, -0.2) is 4.79 Å². The topological polar surface area (TPSA) is 52.6 Å². The van der Waals surface area contributed by atoms with Gasteiger partial charge >= 0.3 is 5.97 Å². The Hall–Kier alpha value is -2.04. The van der Waals surface area contributed by atoms with Crippen LogP contribution in [0.25, 0.3) is 0 Å². The summed E-state index contributed by atoms with van der Waals surface area (Å²) in [4.78, 5) is 24.1. The number of hydrogen-bond acceptors (Lipinski definition) is 4. The van der Waals surface area contributed by atoms with E-state index in [0.717, 1.165) is 11.1 Å². The van der Waals surface area contributed by atoms with Gasteiger partial charge in [0.1, 0.15) is 5.75 Å². The van der Waals surface area contributed by atoms with Crippen LogP contribution in [-0.2, 0) is 9.53 Å². The van der Waals surface area contributed by atoms with E-state index in [0.29, 0.717) is 21.4 Å². The quantitative estimate of drug-likeness (QED) is 0.533. The summed E-state index contributed by atoms with van der Waals surface area (Å²) < 4.78 is 10.5. The Morgan fingerprint density at radius 1 is 1.04 bits per heavy atom. The van der Waals surface area contributed by atoms with Crippen molar-refractivity contribution in [1.29, 1.82) is 0 Å². The minimum absolute atomic E-state index is 0.270. The molecule has 2 rings (SSSR count). The average molecular weight is 381 g/mol. The van der Waals surface area contributed by atoms with Gasteiger partial charge in [-0.05, 0) is 56.2 Å². The number of ether oxygens (including phenoxy) is 2. The SMILES string of the molecule is Cc1ccc(C(=O)COC(=O)C(C)Oc2ccc(Cl)cc2Cl)cc1C. The highest BCUT2D eigenvalue weighted by Gasteiger charge is 2.19. The van der Waals surface area contributed by atoms with Crippen molar-refractivity contribution in [2.24, 2.45) is 0 Å². The number of carbonyl (C=O) groups excluding carboxylic acids is 2. The van der Waals surface area contributed by atoms with Gasteiger partial charge in [0.15, 0.2) is 18.5 Å². The molecule has 0 bridgehead atoms. The second kappa shape index (κ2) is 8.37. The highest BCUT2D eigenvalue weighted by atomic mass is 35.5. The molecular formula is C19H18Cl2O4. The summed E-state index contributed by atoms with van der Waals surface area (Å²) in [5.74, 6) is -0.604. The molecule has 132 valence electrons. The predicted octanol–water partition coefficient (Wildman–Crippen LogP) is 4.80. The molecule has 2 aromatic carbocycles. The molecule has 0 aliphatic carbocycles. The van der Waals surface area contributed by atoms with Crippen molar-refractivity contribution in [2.75, 3.05) is 6.61 Å². The van der Waals surface area contributed by atoms with E-state index < -0.39 is 12.1 Å². The molecule has 25 heavy (non-hydrogen) atoms. The lowest BCUT2D eigenvalue weighted by molar-refractivity contribution is -0.149. The number of halogens is 2. The van der Waals surface area contributed by atoms with Crippen LogP contribution in [-0.4, -0.2) is 24.5 Å². The fourth-order valence-electron chi connectivity index (χ4n) is 2.06. The molecule has 4 nitrogen and oxygen atoms in total. The number of ketones is 1. The normalized spacial score (nSPS) is 11.7. The first-order chi connectivity index (χ1) is 11.8. The van der Waals surface area contributed by atoms with Gasteiger partial charge in [0, 0.05) is 10.6 Å². The summed E-state index contributed by atoms with van der Waals surface area (Å²) in [6.45, 7) is 5.06. The van der Waals surface area contributed by atoms with Crippen molar-refractivity contribution in [1.82, 2.24) is 0 Å². The molecular weight excluding hydrogens is 363 g/mol. The van der Waals surface area contributed by atoms with E-state index in [9.17, 15) is 9.59 Å². The van der Waals surface area contributed by atoms with Gasteiger partial charge in [-0.3, -0.25) is 4.79 Å². The van der Waals surface area contributed by atoms with Gasteiger partial charge in [0.25, 0.3) is 0 Å². The molecule has 1 unspecified atom stereocenters. The Balaban J connectivity index is 1.92. The number of esters is 1. The minimum atomic E-state index is -0.911. The van der Waals surface area contributed by atoms with Gasteiger partial charge in [-0.15, -0.1) is 0 Å². The standard InChI is InChI=1S/C19H18Cl2O4/c1-11-4-5-14(8-12(11)2)17(22)10-24-19(23)13(3)25-18-7-6-15(20)9-16(18)21/h4-9,13H,10H2,1-3H3. The average Bonchev–Trinajstić information content (AvgIpc) is 2.57. The van der Waals surface area contributed by atoms with Crippen LogP contribution in [0.15, 0.2) is 36.4 Å². The Morgan fingerprint density at radius 2 is 1.76 bits per heavy atom. The van der Waals surface area contributed by atoms with Crippen LogP contribution < -0.4 is 4.74 Å². The van der Waals surface area contributed by atoms with Gasteiger partial charge in [0.2, 0.25) is 0 Å². The Bertz CT molecular complexity index is 802. The summed E-state index contributed by atoms with van der Waals surface area (Å²) >= 11 is 11.8. The largest absolute Gasteiger partial charge is 0.477 e. The molecule has 0 saturated carbocycles. The lowest BCUT2D eigenvalue weighted by atomic mass is 10.0. The van der Waals surface area contributed by atoms with Crippen LogP contribution in [0.3, 0.4) is 0 Å². The molecule has 0 amide bonds. The van der Waals surface area contributed by atoms with Crippen LogP contribution in [0.5, 0.6) is 5.75 Å². The first-order valence-corrected chi connectivity index (χ1v) is 8.42. The van der Waals surface area contributed by atoms with Crippen molar-refractivity contribution >= 4 is 35.0 Å². The van der Waals surface area contributed by atoms with Crippen molar-refractivity contribution in [3.8, 4) is 5.75 Å². The van der Waals surface area contributed by atoms with Crippen molar-refractivity contribution in [2.45, 2.75) is 26.9 Å². The molecule has 6 heteroatoms. The molecule has 0 aromatic heterocycles. The maximum atomic E-state index is 12.1. The number of Topliss-reactive ketones (excluding diaryl/α,β-unsaturated/α-hetero) is 1. The molecule has 0 aliphatic rings. The van der Waals surface area contributed by atoms with Crippen LogP contribution in [0.1, 0.15) is 28.4 Å². The summed E-state index contributed by atoms with van der Waals surface area (Å²) in [6, 6.07) is 10.0. The van der Waals surface area contributed by atoms with Crippen molar-refractivity contribution in [3.63, 3.8) is 0 Å². The van der Waals surface area contributed by atoms with E-state index in [1.54, 1.807) is 24.3 Å². The summed E-state index contributed by atoms with van der Waals surface area (Å²) in [5.41, 5.74) is 2.60. The second-order valence-electron chi connectivity index (χ2n) is 5.66. The lowest BCUT2D eigenvalue weighted by Gasteiger charge is -2.15. The van der Waals surface area contributed by atoms with E-state index in [2.05, 4.69) is 0 Å². The molecule has 0 heterocycles. The molecule has 0 aliphatic heterocycles. The smallest absolute Gasteiger partial charge is 0.347 e. The number of aryl methyl sites for hydroxylation is 2. The van der Waals surface area contributed by atoms with Crippen LogP contribution >= 0.6 is 23.2 Å². The highest BCUT2D eigenvalue weighted by Crippen LogP contribution is 2.28. The fourth-order valence-corrected chi connectivity index (χ4v) is 2.51. The van der Waals surface area contributed by atoms with Crippen LogP contribution in [0.2, 0.25) is 10.0 Å². The second-order valence-corrected chi connectivity index (χ2v) is 6.51. The predicted molar refractivity (Wildman–Crippen MR) is 97.8 cm³/mol. The van der Waals surface area contributed by atoms with Gasteiger partial charge in [-0.1, -0.05) is 35.3 Å². The molecule has 0 saturated heterocycles. The first-order valence-electron chi connectivity index (χ1n) is 7.66. The third-order valence-electron chi connectivity index (χ3n) is 3.70. The van der Waals surface area contributed by atoms with E-state index >= 15 is 0 Å². The van der Waals surface area contributed by atoms with Crippen LogP contribution in [0.4, 0.5) is 0 Å². The molecule has 0 N–H and O–H groups in total. The van der Waals surface area contributed by atoms with Gasteiger partial charge < -0.3 is 9.47 Å². The van der Waals surface area contributed by atoms with Gasteiger partial charge in [-0.2, -0.15) is 0 Å². The van der Waals surface area contributed by atoms with Crippen molar-refractivity contribution in [3.05, 3.63) is 63.1 Å². The maximum Gasteiger partial charge on any atom is 0.347 e. The first kappa shape index (κ1) is 19.3. The number of hydrogen-bond donors (Lipinski definition) is 0. The van der Waals surface area contributed by atoms with Crippen LogP contribution in [0, 0.1) is 13.8 Å². The molecule has 2 aromatic rings. The van der Waals surface area contributed by atoms with Crippen molar-refractivity contribution < 1.29 is 19.1 Å². The molecule has 0 spiro atoms. The van der Waals surface area contributed by atoms with E-state index in [-0.39, 0.29) is 12.4 Å². The summed E-state index contributed by atoms with van der Waals surface area (Å²) in [5, 5.41) is 0.755. The Kier molecular flexibility index (Phi) is 6.45. The highest BCUT2D eigenvalue weighted by molar-refractivity contribution is 6.35.